The zero-order chi connectivity index (χ0) is 18.5. The van der Waals surface area contributed by atoms with Gasteiger partial charge in [-0.2, -0.15) is 0 Å². The minimum atomic E-state index is 0.136. The van der Waals surface area contributed by atoms with Crippen LogP contribution in [0.1, 0.15) is 36.0 Å². The fraction of sp³-hybridized carbons (Fsp3) is 0.500. The lowest BCUT2D eigenvalue weighted by atomic mass is 10.2. The van der Waals surface area contributed by atoms with Gasteiger partial charge in [-0.15, -0.1) is 0 Å². The number of nitrogens with zero attached hydrogens (tertiary/aromatic N) is 6. The summed E-state index contributed by atoms with van der Waals surface area (Å²) in [6, 6.07) is 5.61. The maximum Gasteiger partial charge on any atom is 0.254 e. The lowest BCUT2D eigenvalue weighted by Crippen LogP contribution is -2.47. The lowest BCUT2D eigenvalue weighted by molar-refractivity contribution is 0.0761. The third-order valence-corrected chi connectivity index (χ3v) is 5.32. The normalized spacial score (nSPS) is 18.3. The Morgan fingerprint density at radius 3 is 2.15 bits per heavy atom. The van der Waals surface area contributed by atoms with E-state index in [1.165, 1.54) is 12.8 Å². The van der Waals surface area contributed by atoms with Crippen LogP contribution in [-0.4, -0.2) is 65.0 Å². The Balaban J connectivity index is 1.41. The fourth-order valence-corrected chi connectivity index (χ4v) is 3.77. The summed E-state index contributed by atoms with van der Waals surface area (Å²) in [5, 5.41) is 0. The second-order valence-electron chi connectivity index (χ2n) is 7.13. The van der Waals surface area contributed by atoms with Crippen molar-refractivity contribution in [3.8, 4) is 0 Å². The minimum absolute atomic E-state index is 0.136. The predicted octanol–water partition coefficient (Wildman–Crippen LogP) is 2.21. The molecule has 0 unspecified atom stereocenters. The van der Waals surface area contributed by atoms with Crippen LogP contribution in [0, 0.1) is 0 Å². The summed E-state index contributed by atoms with van der Waals surface area (Å²) in [5.74, 6) is 1.79. The van der Waals surface area contributed by atoms with Crippen LogP contribution < -0.4 is 9.80 Å². The topological polar surface area (TPSA) is 65.5 Å². The summed E-state index contributed by atoms with van der Waals surface area (Å²) in [7, 11) is 0. The molecule has 4 rings (SSSR count). The molecular weight excluding hydrogens is 340 g/mol. The first-order valence-electron chi connectivity index (χ1n) is 9.83. The standard InChI is InChI=1S/C20H26N6O/c27-19(25-10-3-1-2-4-11-25)17-6-9-21-18(16-17)24-12-14-26(15-13-24)20-22-7-5-8-23-20/h5-9,16H,1-4,10-15H2. The highest BCUT2D eigenvalue weighted by Gasteiger charge is 2.22. The van der Waals surface area contributed by atoms with Crippen molar-refractivity contribution in [1.82, 2.24) is 19.9 Å². The molecule has 0 N–H and O–H groups in total. The molecule has 4 heterocycles. The van der Waals surface area contributed by atoms with Crippen molar-refractivity contribution in [2.45, 2.75) is 25.7 Å². The summed E-state index contributed by atoms with van der Waals surface area (Å²) in [6.07, 6.45) is 9.96. The molecule has 0 radical (unpaired) electrons. The van der Waals surface area contributed by atoms with Gasteiger partial charge in [0.05, 0.1) is 0 Å². The number of aromatic nitrogens is 3. The van der Waals surface area contributed by atoms with Gasteiger partial charge in [-0.05, 0) is 31.0 Å². The number of pyridine rings is 1. The molecule has 2 aliphatic rings. The highest BCUT2D eigenvalue weighted by molar-refractivity contribution is 5.94. The Bertz CT molecular complexity index is 752. The summed E-state index contributed by atoms with van der Waals surface area (Å²) >= 11 is 0. The van der Waals surface area contributed by atoms with E-state index in [0.29, 0.717) is 0 Å². The SMILES string of the molecule is O=C(c1ccnc(N2CCN(c3ncccn3)CC2)c1)N1CCCCCC1. The van der Waals surface area contributed by atoms with Crippen molar-refractivity contribution >= 4 is 17.7 Å². The van der Waals surface area contributed by atoms with Crippen LogP contribution in [0.15, 0.2) is 36.8 Å². The number of carbonyl (C=O) groups is 1. The number of likely N-dealkylation sites (tertiary alicyclic amines) is 1. The Morgan fingerprint density at radius 2 is 1.44 bits per heavy atom. The minimum Gasteiger partial charge on any atom is -0.353 e. The van der Waals surface area contributed by atoms with Crippen molar-refractivity contribution in [2.24, 2.45) is 0 Å². The quantitative estimate of drug-likeness (QED) is 0.830. The molecule has 0 aromatic carbocycles. The number of carbonyl (C=O) groups excluding carboxylic acids is 1. The second-order valence-corrected chi connectivity index (χ2v) is 7.13. The van der Waals surface area contributed by atoms with Crippen molar-refractivity contribution < 1.29 is 4.79 Å². The van der Waals surface area contributed by atoms with Gasteiger partial charge in [0.2, 0.25) is 5.95 Å². The number of anilines is 2. The molecule has 2 aromatic heterocycles. The van der Waals surface area contributed by atoms with Crippen LogP contribution in [0.4, 0.5) is 11.8 Å². The third kappa shape index (κ3) is 4.18. The molecule has 7 heteroatoms. The van der Waals surface area contributed by atoms with E-state index in [2.05, 4.69) is 24.8 Å². The van der Waals surface area contributed by atoms with Gasteiger partial charge in [0, 0.05) is 63.4 Å². The predicted molar refractivity (Wildman–Crippen MR) is 105 cm³/mol. The Hall–Kier alpha value is -2.70. The van der Waals surface area contributed by atoms with Crippen LogP contribution in [0.2, 0.25) is 0 Å². The van der Waals surface area contributed by atoms with Gasteiger partial charge in [0.15, 0.2) is 0 Å². The van der Waals surface area contributed by atoms with Crippen LogP contribution in [-0.2, 0) is 0 Å². The smallest absolute Gasteiger partial charge is 0.254 e. The van der Waals surface area contributed by atoms with Crippen LogP contribution in [0.5, 0.6) is 0 Å². The van der Waals surface area contributed by atoms with E-state index in [-0.39, 0.29) is 5.91 Å². The molecule has 2 saturated heterocycles. The molecule has 2 aromatic rings. The molecule has 1 amide bonds. The number of piperazine rings is 1. The molecule has 142 valence electrons. The Kier molecular flexibility index (Phi) is 5.46. The number of amides is 1. The number of hydrogen-bond donors (Lipinski definition) is 0. The van der Waals surface area contributed by atoms with Gasteiger partial charge in [0.25, 0.3) is 5.91 Å². The zero-order valence-electron chi connectivity index (χ0n) is 15.6. The average Bonchev–Trinajstić information content (AvgIpc) is 3.04. The molecule has 27 heavy (non-hydrogen) atoms. The molecular formula is C20H26N6O. The summed E-state index contributed by atoms with van der Waals surface area (Å²) < 4.78 is 0. The molecule has 0 aliphatic carbocycles. The summed E-state index contributed by atoms with van der Waals surface area (Å²) in [4.78, 5) is 32.5. The van der Waals surface area contributed by atoms with Gasteiger partial charge in [-0.25, -0.2) is 15.0 Å². The van der Waals surface area contributed by atoms with Crippen molar-refractivity contribution in [3.05, 3.63) is 42.4 Å². The lowest BCUT2D eigenvalue weighted by Gasteiger charge is -2.35. The monoisotopic (exact) mass is 366 g/mol. The Labute approximate surface area is 160 Å². The van der Waals surface area contributed by atoms with Gasteiger partial charge in [-0.1, -0.05) is 12.8 Å². The molecule has 0 bridgehead atoms. The fourth-order valence-electron chi connectivity index (χ4n) is 3.77. The van der Waals surface area contributed by atoms with Crippen molar-refractivity contribution in [2.75, 3.05) is 49.1 Å². The van der Waals surface area contributed by atoms with E-state index < -0.39 is 0 Å². The van der Waals surface area contributed by atoms with Gasteiger partial charge in [-0.3, -0.25) is 4.79 Å². The molecule has 0 spiro atoms. The Morgan fingerprint density at radius 1 is 0.778 bits per heavy atom. The van der Waals surface area contributed by atoms with E-state index >= 15 is 0 Å². The van der Waals surface area contributed by atoms with E-state index in [0.717, 1.165) is 69.4 Å². The maximum absolute atomic E-state index is 12.9. The summed E-state index contributed by atoms with van der Waals surface area (Å²) in [6.45, 7) is 5.10. The van der Waals surface area contributed by atoms with Gasteiger partial charge < -0.3 is 14.7 Å². The van der Waals surface area contributed by atoms with E-state index in [9.17, 15) is 4.79 Å². The van der Waals surface area contributed by atoms with Crippen molar-refractivity contribution in [3.63, 3.8) is 0 Å². The molecule has 0 atom stereocenters. The second kappa shape index (κ2) is 8.33. The van der Waals surface area contributed by atoms with E-state index in [4.69, 9.17) is 0 Å². The first kappa shape index (κ1) is 17.7. The van der Waals surface area contributed by atoms with Crippen LogP contribution in [0.25, 0.3) is 0 Å². The third-order valence-electron chi connectivity index (χ3n) is 5.32. The van der Waals surface area contributed by atoms with Crippen LogP contribution in [0.3, 0.4) is 0 Å². The van der Waals surface area contributed by atoms with E-state index in [1.54, 1.807) is 18.6 Å². The molecule has 0 saturated carbocycles. The number of rotatable bonds is 3. The molecule has 2 fully saturated rings. The molecule has 2 aliphatic heterocycles. The largest absolute Gasteiger partial charge is 0.353 e. The first-order valence-corrected chi connectivity index (χ1v) is 9.83. The highest BCUT2D eigenvalue weighted by atomic mass is 16.2. The summed E-state index contributed by atoms with van der Waals surface area (Å²) in [5.41, 5.74) is 0.746. The van der Waals surface area contributed by atoms with Gasteiger partial charge >= 0.3 is 0 Å². The van der Waals surface area contributed by atoms with Crippen LogP contribution >= 0.6 is 0 Å². The maximum atomic E-state index is 12.9. The average molecular weight is 366 g/mol. The number of hydrogen-bond acceptors (Lipinski definition) is 6. The zero-order valence-corrected chi connectivity index (χ0v) is 15.6. The van der Waals surface area contributed by atoms with Crippen molar-refractivity contribution in [1.29, 1.82) is 0 Å². The van der Waals surface area contributed by atoms with E-state index in [1.807, 2.05) is 23.1 Å². The first-order chi connectivity index (χ1) is 13.3. The molecule has 7 nitrogen and oxygen atoms in total. The highest BCUT2D eigenvalue weighted by Crippen LogP contribution is 2.19. The van der Waals surface area contributed by atoms with Gasteiger partial charge in [0.1, 0.15) is 5.82 Å².